The van der Waals surface area contributed by atoms with Gasteiger partial charge in [0.25, 0.3) is 0 Å². The van der Waals surface area contributed by atoms with Crippen molar-refractivity contribution in [1.82, 2.24) is 10.6 Å². The molecule has 0 heterocycles. The predicted molar refractivity (Wildman–Crippen MR) is 204 cm³/mol. The largest absolute Gasteiger partial charge is 0.481 e. The first-order valence-electron chi connectivity index (χ1n) is 19.0. The number of nitrogens with one attached hydrogen (secondary N) is 2. The molecule has 0 aromatic carbocycles. The molecule has 0 bridgehead atoms. The highest BCUT2D eigenvalue weighted by atomic mass is 79.9. The average molecular weight is 843 g/mol. The van der Waals surface area contributed by atoms with Crippen LogP contribution in [0.25, 0.3) is 0 Å². The summed E-state index contributed by atoms with van der Waals surface area (Å²) in [6, 6.07) is -0.582. The Balaban J connectivity index is 3.51. The summed E-state index contributed by atoms with van der Waals surface area (Å²) in [7, 11) is 0. The number of carbonyl (C=O) groups is 5. The van der Waals surface area contributed by atoms with Crippen molar-refractivity contribution >= 4 is 61.2 Å². The van der Waals surface area contributed by atoms with Crippen LogP contribution >= 0.6 is 31.9 Å². The molecule has 0 aromatic rings. The highest BCUT2D eigenvalue weighted by molar-refractivity contribution is 9.09. The van der Waals surface area contributed by atoms with Crippen molar-refractivity contribution in [3.05, 3.63) is 0 Å². The smallest absolute Gasteiger partial charge is 0.303 e. The number of carboxylic acids is 1. The quantitative estimate of drug-likeness (QED) is 0.0429. The molecule has 0 aliphatic rings. The molecule has 0 rings (SSSR count). The highest BCUT2D eigenvalue weighted by Crippen LogP contribution is 2.14. The van der Waals surface area contributed by atoms with Crippen LogP contribution in [0.4, 0.5) is 0 Å². The van der Waals surface area contributed by atoms with Gasteiger partial charge in [-0.15, -0.1) is 0 Å². The zero-order valence-electron chi connectivity index (χ0n) is 30.5. The van der Waals surface area contributed by atoms with Gasteiger partial charge in [-0.3, -0.25) is 24.0 Å². The summed E-state index contributed by atoms with van der Waals surface area (Å²) < 4.78 is 16.7. The first-order valence-corrected chi connectivity index (χ1v) is 21.2. The molecular formula is C37H66Br2N2O9. The molecule has 0 aliphatic carbocycles. The van der Waals surface area contributed by atoms with Gasteiger partial charge in [0, 0.05) is 45.4 Å². The molecule has 0 saturated heterocycles. The van der Waals surface area contributed by atoms with E-state index in [0.717, 1.165) is 38.5 Å². The fourth-order valence-electron chi connectivity index (χ4n) is 5.41. The van der Waals surface area contributed by atoms with E-state index < -0.39 is 12.0 Å². The summed E-state index contributed by atoms with van der Waals surface area (Å²) in [5.41, 5.74) is 0. The number of unbranched alkanes of at least 4 members (excludes halogenated alkanes) is 13. The number of hydrogen-bond acceptors (Lipinski definition) is 8. The van der Waals surface area contributed by atoms with Crippen LogP contribution in [0.15, 0.2) is 0 Å². The Bertz CT molecular complexity index is 880. The van der Waals surface area contributed by atoms with Gasteiger partial charge in [-0.1, -0.05) is 109 Å². The molecule has 2 amide bonds. The topological polar surface area (TPSA) is 157 Å². The molecule has 0 aliphatic heterocycles. The molecule has 0 aromatic heterocycles. The number of carbonyl (C=O) groups excluding carboxylic acids is 4. The minimum atomic E-state index is -0.687. The van der Waals surface area contributed by atoms with E-state index in [1.54, 1.807) is 0 Å². The van der Waals surface area contributed by atoms with Crippen LogP contribution in [0.3, 0.4) is 0 Å². The second kappa shape index (κ2) is 37.4. The van der Waals surface area contributed by atoms with Crippen LogP contribution in [0, 0.1) is 0 Å². The van der Waals surface area contributed by atoms with Crippen molar-refractivity contribution in [1.29, 1.82) is 0 Å². The minimum absolute atomic E-state index is 0.0504. The van der Waals surface area contributed by atoms with E-state index in [9.17, 15) is 24.0 Å². The molecule has 13 heteroatoms. The third-order valence-corrected chi connectivity index (χ3v) is 9.27. The van der Waals surface area contributed by atoms with Gasteiger partial charge in [-0.25, -0.2) is 0 Å². The molecule has 3 N–H and O–H groups in total. The van der Waals surface area contributed by atoms with Crippen LogP contribution in [0.1, 0.15) is 141 Å². The number of hydrogen-bond donors (Lipinski definition) is 3. The Morgan fingerprint density at radius 2 is 0.920 bits per heavy atom. The number of alkyl halides is 2. The molecule has 0 fully saturated rings. The number of amides is 2. The van der Waals surface area contributed by atoms with Gasteiger partial charge in [0.2, 0.25) is 11.8 Å². The normalized spacial score (nSPS) is 11.7. The van der Waals surface area contributed by atoms with E-state index in [-0.39, 0.29) is 28.3 Å². The van der Waals surface area contributed by atoms with Crippen molar-refractivity contribution in [2.24, 2.45) is 0 Å². The molecule has 0 radical (unpaired) electrons. The van der Waals surface area contributed by atoms with E-state index in [1.807, 2.05) is 0 Å². The number of ketones is 2. The standard InChI is InChI=1S/C37H66Br2N2O9/c38-30-35(44)40-23-15-20-33(41-36(45)31-39)34(43)21-17-25-49-27-29-50-28-26-48-24-16-19-32(42)18-13-11-9-7-5-3-1-2-4-6-8-10-12-14-22-37(46)47/h33H,1-31H2,(H,40,44)(H,41,45)(H,46,47)/t33-/m0/s1. The fraction of sp³-hybridized carbons (Fsp3) is 0.865. The SMILES string of the molecule is O=C(O)CCCCCCCCCCCCCCCCC(=O)CCCOCCOCCOCCCC(=O)[C@H](CCCNC(=O)CBr)NC(=O)CBr. The lowest BCUT2D eigenvalue weighted by atomic mass is 10.0. The maximum Gasteiger partial charge on any atom is 0.303 e. The number of carboxylic acid groups (broad SMARTS) is 1. The molecular weight excluding hydrogens is 776 g/mol. The van der Waals surface area contributed by atoms with Crippen molar-refractivity contribution < 1.29 is 43.3 Å². The molecule has 0 unspecified atom stereocenters. The van der Waals surface area contributed by atoms with Gasteiger partial charge in [-0.2, -0.15) is 0 Å². The predicted octanol–water partition coefficient (Wildman–Crippen LogP) is 7.23. The second-order valence-corrected chi connectivity index (χ2v) is 13.9. The van der Waals surface area contributed by atoms with Crippen molar-refractivity contribution in [2.75, 3.05) is 56.8 Å². The van der Waals surface area contributed by atoms with E-state index in [4.69, 9.17) is 19.3 Å². The fourth-order valence-corrected chi connectivity index (χ4v) is 5.77. The van der Waals surface area contributed by atoms with E-state index in [1.165, 1.54) is 57.8 Å². The molecule has 50 heavy (non-hydrogen) atoms. The lowest BCUT2D eigenvalue weighted by Gasteiger charge is -2.17. The van der Waals surface area contributed by atoms with Gasteiger partial charge in [-0.05, 0) is 38.5 Å². The lowest BCUT2D eigenvalue weighted by Crippen LogP contribution is -2.42. The molecule has 292 valence electrons. The minimum Gasteiger partial charge on any atom is -0.481 e. The first-order chi connectivity index (χ1) is 24.3. The zero-order chi connectivity index (χ0) is 36.9. The third kappa shape index (κ3) is 35.0. The summed E-state index contributed by atoms with van der Waals surface area (Å²) in [5, 5.41) is 14.5. The summed E-state index contributed by atoms with van der Waals surface area (Å²) in [5.74, 6) is -0.784. The number of aliphatic carboxylic acids is 1. The number of ether oxygens (including phenoxy) is 3. The Hall–Kier alpha value is -1.41. The Morgan fingerprint density at radius 3 is 1.40 bits per heavy atom. The third-order valence-electron chi connectivity index (χ3n) is 8.25. The van der Waals surface area contributed by atoms with Crippen molar-refractivity contribution in [2.45, 2.75) is 147 Å². The van der Waals surface area contributed by atoms with Crippen molar-refractivity contribution in [3.8, 4) is 0 Å². The monoisotopic (exact) mass is 840 g/mol. The summed E-state index contributed by atoms with van der Waals surface area (Å²) >= 11 is 6.19. The maximum absolute atomic E-state index is 12.6. The van der Waals surface area contributed by atoms with Crippen LogP contribution in [-0.4, -0.2) is 97.3 Å². The van der Waals surface area contributed by atoms with Gasteiger partial charge in [0.05, 0.1) is 43.1 Å². The van der Waals surface area contributed by atoms with Gasteiger partial charge in [0.1, 0.15) is 5.78 Å². The van der Waals surface area contributed by atoms with Gasteiger partial charge >= 0.3 is 5.97 Å². The van der Waals surface area contributed by atoms with E-state index in [0.29, 0.717) is 96.9 Å². The summed E-state index contributed by atoms with van der Waals surface area (Å²) in [6.07, 6.45) is 20.7. The van der Waals surface area contributed by atoms with Crippen molar-refractivity contribution in [3.63, 3.8) is 0 Å². The molecule has 11 nitrogen and oxygen atoms in total. The summed E-state index contributed by atoms with van der Waals surface area (Å²) in [4.78, 5) is 58.3. The molecule has 0 spiro atoms. The Kier molecular flexibility index (Phi) is 36.3. The first kappa shape index (κ1) is 48.6. The van der Waals surface area contributed by atoms with Crippen LogP contribution in [0.2, 0.25) is 0 Å². The van der Waals surface area contributed by atoms with Gasteiger partial charge < -0.3 is 30.0 Å². The summed E-state index contributed by atoms with van der Waals surface area (Å²) in [6.45, 7) is 3.19. The number of halogens is 2. The Morgan fingerprint density at radius 1 is 0.500 bits per heavy atom. The van der Waals surface area contributed by atoms with E-state index in [2.05, 4.69) is 42.5 Å². The van der Waals surface area contributed by atoms with Crippen LogP contribution in [0.5, 0.6) is 0 Å². The molecule has 1 atom stereocenters. The molecule has 0 saturated carbocycles. The van der Waals surface area contributed by atoms with E-state index >= 15 is 0 Å². The highest BCUT2D eigenvalue weighted by Gasteiger charge is 2.19. The second-order valence-electron chi connectivity index (χ2n) is 12.8. The Labute approximate surface area is 318 Å². The maximum atomic E-state index is 12.6. The average Bonchev–Trinajstić information content (AvgIpc) is 3.10. The number of Topliss-reactive ketones (excluding diaryl/α,β-unsaturated/α-hetero) is 2. The van der Waals surface area contributed by atoms with Gasteiger partial charge in [0.15, 0.2) is 5.78 Å². The van der Waals surface area contributed by atoms with Crippen LogP contribution in [-0.2, 0) is 38.2 Å². The number of rotatable bonds is 39. The van der Waals surface area contributed by atoms with Crippen LogP contribution < -0.4 is 10.6 Å². The zero-order valence-corrected chi connectivity index (χ0v) is 33.6. The lowest BCUT2D eigenvalue weighted by molar-refractivity contribution is -0.137.